The minimum Gasteiger partial charge on any atom is -0.391 e. The van der Waals surface area contributed by atoms with Crippen molar-refractivity contribution in [3.05, 3.63) is 81.2 Å². The Balaban J connectivity index is 1.30. The Hall–Kier alpha value is -3.51. The Morgan fingerprint density at radius 2 is 1.97 bits per heavy atom. The van der Waals surface area contributed by atoms with Gasteiger partial charge in [-0.2, -0.15) is 0 Å². The molecule has 202 valence electrons. The molecule has 0 spiro atoms. The van der Waals surface area contributed by atoms with E-state index in [4.69, 9.17) is 0 Å². The van der Waals surface area contributed by atoms with Crippen molar-refractivity contribution in [2.45, 2.75) is 56.7 Å². The molecular formula is C26H27F4N5O3. The van der Waals surface area contributed by atoms with E-state index in [0.29, 0.717) is 24.2 Å². The molecule has 2 aliphatic rings. The fourth-order valence-electron chi connectivity index (χ4n) is 5.34. The average molecular weight is 534 g/mol. The lowest BCUT2D eigenvalue weighted by Crippen LogP contribution is -2.52. The van der Waals surface area contributed by atoms with Crippen LogP contribution in [0.5, 0.6) is 0 Å². The number of imidazole rings is 1. The molecule has 0 bridgehead atoms. The monoisotopic (exact) mass is 533 g/mol. The highest BCUT2D eigenvalue weighted by molar-refractivity contribution is 5.93. The molecule has 3 N–H and O–H groups in total. The summed E-state index contributed by atoms with van der Waals surface area (Å²) in [5.41, 5.74) is 0.100. The first-order chi connectivity index (χ1) is 18.1. The number of fused-ring (bicyclic) bond motifs is 1. The molecule has 1 aromatic carbocycles. The van der Waals surface area contributed by atoms with Gasteiger partial charge in [0.05, 0.1) is 24.6 Å². The molecule has 0 saturated carbocycles. The summed E-state index contributed by atoms with van der Waals surface area (Å²) < 4.78 is 59.0. The van der Waals surface area contributed by atoms with Crippen molar-refractivity contribution in [3.8, 4) is 0 Å². The Morgan fingerprint density at radius 1 is 1.24 bits per heavy atom. The van der Waals surface area contributed by atoms with E-state index in [1.807, 2.05) is 0 Å². The maximum atomic E-state index is 14.9. The third kappa shape index (κ3) is 4.97. The first-order valence-corrected chi connectivity index (χ1v) is 12.3. The number of amides is 1. The minimum absolute atomic E-state index is 0.00618. The van der Waals surface area contributed by atoms with Gasteiger partial charge in [-0.3, -0.25) is 14.5 Å². The number of hydrogen-bond acceptors (Lipinski definition) is 5. The highest BCUT2D eigenvalue weighted by atomic mass is 19.3. The maximum absolute atomic E-state index is 14.9. The standard InChI is InChI=1S/C26H27F4N5O3/c1-14(34-5-4-26(29,30)20(11-34)16-6-17(13-36)25(38)31-10-16)24(37)33-22-12-35-21(2-3-23(35)32-22)15-7-18(27)9-19(28)8-15/h6-10,12,14,20-21,36H,2-5,11,13H2,1H3,(H,31,38)(H,33,37)/t14-,20+,21+/m0/s1. The quantitative estimate of drug-likeness (QED) is 0.422. The number of halogens is 4. The zero-order chi connectivity index (χ0) is 27.2. The summed E-state index contributed by atoms with van der Waals surface area (Å²) in [5, 5.41) is 12.1. The molecule has 5 rings (SSSR count). The van der Waals surface area contributed by atoms with Crippen LogP contribution in [-0.4, -0.2) is 55.5 Å². The number of aliphatic hydroxyl groups is 1. The number of carbonyl (C=O) groups excluding carboxylic acids is 1. The van der Waals surface area contributed by atoms with Gasteiger partial charge in [0.1, 0.15) is 17.5 Å². The van der Waals surface area contributed by atoms with Crippen LogP contribution in [0, 0.1) is 11.6 Å². The fraction of sp³-hybridized carbons (Fsp3) is 0.423. The zero-order valence-corrected chi connectivity index (χ0v) is 20.6. The third-order valence-electron chi connectivity index (χ3n) is 7.47. The van der Waals surface area contributed by atoms with Gasteiger partial charge in [-0.15, -0.1) is 0 Å². The van der Waals surface area contributed by atoms with Crippen molar-refractivity contribution in [1.29, 1.82) is 0 Å². The molecule has 12 heteroatoms. The number of hydrogen-bond donors (Lipinski definition) is 3. The number of piperidine rings is 1. The minimum atomic E-state index is -3.06. The van der Waals surface area contributed by atoms with Crippen LogP contribution >= 0.6 is 0 Å². The SMILES string of the molecule is C[C@@H](C(=O)Nc1cn2c(n1)CC[C@@H]2c1cc(F)cc(F)c1)N1CCC(F)(F)[C@@H](c2c[nH]c(=O)c(CO)c2)C1. The molecule has 2 aromatic heterocycles. The van der Waals surface area contributed by atoms with Gasteiger partial charge < -0.3 is 20.0 Å². The van der Waals surface area contributed by atoms with Gasteiger partial charge in [0, 0.05) is 50.0 Å². The molecule has 3 atom stereocenters. The lowest BCUT2D eigenvalue weighted by Gasteiger charge is -2.40. The zero-order valence-electron chi connectivity index (χ0n) is 20.6. The van der Waals surface area contributed by atoms with Gasteiger partial charge in [0.25, 0.3) is 11.5 Å². The summed E-state index contributed by atoms with van der Waals surface area (Å²) in [7, 11) is 0. The molecule has 8 nitrogen and oxygen atoms in total. The second-order valence-electron chi connectivity index (χ2n) is 9.88. The maximum Gasteiger partial charge on any atom is 0.257 e. The van der Waals surface area contributed by atoms with Gasteiger partial charge in [-0.1, -0.05) is 0 Å². The largest absolute Gasteiger partial charge is 0.391 e. The molecule has 0 radical (unpaired) electrons. The van der Waals surface area contributed by atoms with E-state index in [9.17, 15) is 32.3 Å². The predicted octanol–water partition coefficient (Wildman–Crippen LogP) is 3.33. The molecule has 38 heavy (non-hydrogen) atoms. The van der Waals surface area contributed by atoms with Crippen molar-refractivity contribution in [3.63, 3.8) is 0 Å². The van der Waals surface area contributed by atoms with Crippen molar-refractivity contribution in [2.75, 3.05) is 18.4 Å². The fourth-order valence-corrected chi connectivity index (χ4v) is 5.34. The van der Waals surface area contributed by atoms with Crippen LogP contribution in [0.4, 0.5) is 23.4 Å². The number of aliphatic hydroxyl groups excluding tert-OH is 1. The lowest BCUT2D eigenvalue weighted by atomic mass is 9.86. The lowest BCUT2D eigenvalue weighted by molar-refractivity contribution is -0.125. The van der Waals surface area contributed by atoms with Crippen LogP contribution < -0.4 is 10.9 Å². The Morgan fingerprint density at radius 3 is 2.68 bits per heavy atom. The first-order valence-electron chi connectivity index (χ1n) is 12.3. The van der Waals surface area contributed by atoms with E-state index in [2.05, 4.69) is 15.3 Å². The molecule has 2 aliphatic heterocycles. The number of nitrogens with one attached hydrogen (secondary N) is 2. The van der Waals surface area contributed by atoms with Gasteiger partial charge in [0.15, 0.2) is 5.82 Å². The van der Waals surface area contributed by atoms with Crippen LogP contribution in [-0.2, 0) is 17.8 Å². The number of carbonyl (C=O) groups is 1. The first kappa shape index (κ1) is 26.1. The molecule has 4 heterocycles. The number of likely N-dealkylation sites (tertiary alicyclic amines) is 1. The number of alkyl halides is 2. The van der Waals surface area contributed by atoms with Crippen LogP contribution in [0.25, 0.3) is 0 Å². The smallest absolute Gasteiger partial charge is 0.257 e. The molecule has 0 aliphatic carbocycles. The van der Waals surface area contributed by atoms with Crippen molar-refractivity contribution < 1.29 is 27.5 Å². The van der Waals surface area contributed by atoms with Gasteiger partial charge in [-0.05, 0) is 42.7 Å². The third-order valence-corrected chi connectivity index (χ3v) is 7.47. The number of pyridine rings is 1. The molecule has 3 aromatic rings. The number of H-pyrrole nitrogens is 1. The Bertz CT molecular complexity index is 1400. The highest BCUT2D eigenvalue weighted by Gasteiger charge is 2.46. The Kier molecular flexibility index (Phi) is 6.86. The summed E-state index contributed by atoms with van der Waals surface area (Å²) in [4.78, 5) is 33.3. The van der Waals surface area contributed by atoms with E-state index in [1.165, 1.54) is 24.4 Å². The van der Waals surface area contributed by atoms with Crippen LogP contribution in [0.15, 0.2) is 41.5 Å². The number of nitrogens with zero attached hydrogens (tertiary/aromatic N) is 3. The number of benzene rings is 1. The topological polar surface area (TPSA) is 103 Å². The summed E-state index contributed by atoms with van der Waals surface area (Å²) in [6.45, 7) is 0.893. The van der Waals surface area contributed by atoms with Crippen molar-refractivity contribution >= 4 is 11.7 Å². The summed E-state index contributed by atoms with van der Waals surface area (Å²) >= 11 is 0. The van der Waals surface area contributed by atoms with E-state index in [1.54, 1.807) is 22.6 Å². The van der Waals surface area contributed by atoms with Crippen LogP contribution in [0.3, 0.4) is 0 Å². The number of aryl methyl sites for hydroxylation is 1. The number of anilines is 1. The normalized spacial score (nSPS) is 21.7. The van der Waals surface area contributed by atoms with Gasteiger partial charge in [-0.25, -0.2) is 22.5 Å². The molecule has 1 amide bonds. The second-order valence-corrected chi connectivity index (χ2v) is 9.88. The van der Waals surface area contributed by atoms with E-state index >= 15 is 0 Å². The average Bonchev–Trinajstić information content (AvgIpc) is 3.43. The summed E-state index contributed by atoms with van der Waals surface area (Å²) in [6, 6.07) is 3.55. The summed E-state index contributed by atoms with van der Waals surface area (Å²) in [6.07, 6.45) is 3.54. The molecule has 1 fully saturated rings. The second kappa shape index (κ2) is 9.99. The summed E-state index contributed by atoms with van der Waals surface area (Å²) in [5.74, 6) is -5.18. The molecule has 0 unspecified atom stereocenters. The van der Waals surface area contributed by atoms with E-state index < -0.39 is 54.0 Å². The van der Waals surface area contributed by atoms with Crippen molar-refractivity contribution in [2.24, 2.45) is 0 Å². The van der Waals surface area contributed by atoms with Crippen LogP contribution in [0.2, 0.25) is 0 Å². The number of aromatic nitrogens is 3. The van der Waals surface area contributed by atoms with E-state index in [0.717, 1.165) is 6.07 Å². The van der Waals surface area contributed by atoms with Crippen LogP contribution in [0.1, 0.15) is 54.2 Å². The molecule has 1 saturated heterocycles. The Labute approximate surface area is 215 Å². The van der Waals surface area contributed by atoms with E-state index in [-0.39, 0.29) is 36.1 Å². The highest BCUT2D eigenvalue weighted by Crippen LogP contribution is 2.41. The van der Waals surface area contributed by atoms with Crippen molar-refractivity contribution in [1.82, 2.24) is 19.4 Å². The molecular weight excluding hydrogens is 506 g/mol. The predicted molar refractivity (Wildman–Crippen MR) is 130 cm³/mol. The number of rotatable bonds is 6. The van der Waals surface area contributed by atoms with Gasteiger partial charge >= 0.3 is 0 Å². The number of aromatic amines is 1. The van der Waals surface area contributed by atoms with Gasteiger partial charge in [0.2, 0.25) is 5.91 Å².